The number of oxime groups is 1. The van der Waals surface area contributed by atoms with Gasteiger partial charge in [-0.25, -0.2) is 0 Å². The summed E-state index contributed by atoms with van der Waals surface area (Å²) in [5.41, 5.74) is 2.99. The van der Waals surface area contributed by atoms with Crippen LogP contribution in [0.15, 0.2) is 47.6 Å². The zero-order valence-corrected chi connectivity index (χ0v) is 12.4. The lowest BCUT2D eigenvalue weighted by Gasteiger charge is -2.32. The molecule has 0 radical (unpaired) electrons. The Hall–Kier alpha value is -2.69. The van der Waals surface area contributed by atoms with Crippen LogP contribution in [0.5, 0.6) is 11.5 Å². The summed E-state index contributed by atoms with van der Waals surface area (Å²) in [6.45, 7) is 2.19. The Kier molecular flexibility index (Phi) is 4.14. The largest absolute Gasteiger partial charge is 0.497 e. The minimum atomic E-state index is 0.642. The van der Waals surface area contributed by atoms with E-state index in [0.717, 1.165) is 35.8 Å². The molecule has 1 N–H and O–H groups in total. The molecular formula is C17H18N2O3. The van der Waals surface area contributed by atoms with E-state index in [4.69, 9.17) is 14.7 Å². The fraction of sp³-hybridized carbons (Fsp3) is 0.235. The van der Waals surface area contributed by atoms with Crippen LogP contribution >= 0.6 is 0 Å². The minimum absolute atomic E-state index is 0.642. The number of rotatable bonds is 4. The predicted molar refractivity (Wildman–Crippen MR) is 85.4 cm³/mol. The zero-order chi connectivity index (χ0) is 15.4. The van der Waals surface area contributed by atoms with Gasteiger partial charge in [0, 0.05) is 12.1 Å². The molecule has 114 valence electrons. The van der Waals surface area contributed by atoms with E-state index in [-0.39, 0.29) is 0 Å². The Morgan fingerprint density at radius 2 is 2.09 bits per heavy atom. The standard InChI is InChI=1S/C17H18N2O3/c1-21-15-7-5-13(6-8-15)12-19-9-10-22-16-4-2-3-14(11-18-20)17(16)19/h2-8,11,20H,9-10,12H2,1H3. The van der Waals surface area contributed by atoms with E-state index < -0.39 is 0 Å². The Bertz CT molecular complexity index is 668. The monoisotopic (exact) mass is 298 g/mol. The molecule has 0 saturated carbocycles. The van der Waals surface area contributed by atoms with Crippen LogP contribution in [0.1, 0.15) is 11.1 Å². The topological polar surface area (TPSA) is 54.3 Å². The van der Waals surface area contributed by atoms with Gasteiger partial charge < -0.3 is 19.6 Å². The van der Waals surface area contributed by atoms with Crippen molar-refractivity contribution in [3.05, 3.63) is 53.6 Å². The van der Waals surface area contributed by atoms with Crippen LogP contribution in [-0.4, -0.2) is 31.7 Å². The number of hydrogen-bond acceptors (Lipinski definition) is 5. The highest BCUT2D eigenvalue weighted by atomic mass is 16.5. The molecule has 0 amide bonds. The fourth-order valence-corrected chi connectivity index (χ4v) is 2.65. The van der Waals surface area contributed by atoms with Gasteiger partial charge >= 0.3 is 0 Å². The van der Waals surface area contributed by atoms with Crippen molar-refractivity contribution in [2.45, 2.75) is 6.54 Å². The van der Waals surface area contributed by atoms with Crippen LogP contribution in [0.3, 0.4) is 0 Å². The minimum Gasteiger partial charge on any atom is -0.497 e. The molecular weight excluding hydrogens is 280 g/mol. The third-order valence-electron chi connectivity index (χ3n) is 3.69. The van der Waals surface area contributed by atoms with Gasteiger partial charge in [0.15, 0.2) is 0 Å². The van der Waals surface area contributed by atoms with Gasteiger partial charge in [0.1, 0.15) is 18.1 Å². The van der Waals surface area contributed by atoms with Crippen LogP contribution in [-0.2, 0) is 6.54 Å². The molecule has 5 heteroatoms. The number of fused-ring (bicyclic) bond motifs is 1. The quantitative estimate of drug-likeness (QED) is 0.536. The molecule has 5 nitrogen and oxygen atoms in total. The summed E-state index contributed by atoms with van der Waals surface area (Å²) in [5, 5.41) is 12.0. The van der Waals surface area contributed by atoms with Crippen molar-refractivity contribution < 1.29 is 14.7 Å². The van der Waals surface area contributed by atoms with Crippen molar-refractivity contribution in [1.82, 2.24) is 0 Å². The molecule has 0 saturated heterocycles. The van der Waals surface area contributed by atoms with E-state index in [9.17, 15) is 0 Å². The molecule has 0 spiro atoms. The third kappa shape index (κ3) is 2.83. The SMILES string of the molecule is COc1ccc(CN2CCOc3cccc(C=NO)c32)cc1. The van der Waals surface area contributed by atoms with Gasteiger partial charge in [0.05, 0.1) is 25.6 Å². The van der Waals surface area contributed by atoms with Crippen LogP contribution < -0.4 is 14.4 Å². The lowest BCUT2D eigenvalue weighted by atomic mass is 10.1. The highest BCUT2D eigenvalue weighted by Crippen LogP contribution is 2.35. The highest BCUT2D eigenvalue weighted by Gasteiger charge is 2.21. The first-order valence-electron chi connectivity index (χ1n) is 7.13. The first-order chi connectivity index (χ1) is 10.8. The third-order valence-corrected chi connectivity index (χ3v) is 3.69. The molecule has 1 aliphatic rings. The second-order valence-electron chi connectivity index (χ2n) is 5.06. The second kappa shape index (κ2) is 6.39. The van der Waals surface area contributed by atoms with Crippen LogP contribution in [0.25, 0.3) is 0 Å². The Balaban J connectivity index is 1.90. The smallest absolute Gasteiger partial charge is 0.143 e. The van der Waals surface area contributed by atoms with Gasteiger partial charge in [-0.05, 0) is 23.8 Å². The first-order valence-corrected chi connectivity index (χ1v) is 7.13. The highest BCUT2D eigenvalue weighted by molar-refractivity contribution is 5.90. The van der Waals surface area contributed by atoms with Gasteiger partial charge in [-0.1, -0.05) is 29.4 Å². The van der Waals surface area contributed by atoms with E-state index >= 15 is 0 Å². The number of hydrogen-bond donors (Lipinski definition) is 1. The predicted octanol–water partition coefficient (Wildman–Crippen LogP) is 2.90. The molecule has 0 atom stereocenters. The number of para-hydroxylation sites is 1. The Morgan fingerprint density at radius 1 is 1.27 bits per heavy atom. The molecule has 0 bridgehead atoms. The maximum atomic E-state index is 8.85. The van der Waals surface area contributed by atoms with Crippen molar-refractivity contribution in [2.75, 3.05) is 25.2 Å². The van der Waals surface area contributed by atoms with Crippen LogP contribution in [0, 0.1) is 0 Å². The van der Waals surface area contributed by atoms with E-state index in [1.165, 1.54) is 11.8 Å². The second-order valence-corrected chi connectivity index (χ2v) is 5.06. The number of benzene rings is 2. The van der Waals surface area contributed by atoms with E-state index in [2.05, 4.69) is 22.2 Å². The molecule has 0 aliphatic carbocycles. The van der Waals surface area contributed by atoms with E-state index in [1.807, 2.05) is 30.3 Å². The van der Waals surface area contributed by atoms with Crippen LogP contribution in [0.4, 0.5) is 5.69 Å². The van der Waals surface area contributed by atoms with Crippen molar-refractivity contribution in [3.63, 3.8) is 0 Å². The molecule has 1 aliphatic heterocycles. The summed E-state index contributed by atoms with van der Waals surface area (Å²) >= 11 is 0. The summed E-state index contributed by atoms with van der Waals surface area (Å²) in [6, 6.07) is 13.8. The van der Waals surface area contributed by atoms with Crippen molar-refractivity contribution >= 4 is 11.9 Å². The summed E-state index contributed by atoms with van der Waals surface area (Å²) in [7, 11) is 1.66. The molecule has 0 unspecified atom stereocenters. The molecule has 22 heavy (non-hydrogen) atoms. The number of ether oxygens (including phenoxy) is 2. The van der Waals surface area contributed by atoms with Gasteiger partial charge in [-0.15, -0.1) is 0 Å². The van der Waals surface area contributed by atoms with E-state index in [1.54, 1.807) is 7.11 Å². The lowest BCUT2D eigenvalue weighted by Crippen LogP contribution is -2.33. The van der Waals surface area contributed by atoms with Gasteiger partial charge in [-0.2, -0.15) is 0 Å². The van der Waals surface area contributed by atoms with E-state index in [0.29, 0.717) is 6.61 Å². The fourth-order valence-electron chi connectivity index (χ4n) is 2.65. The Morgan fingerprint density at radius 3 is 2.82 bits per heavy atom. The van der Waals surface area contributed by atoms with Crippen molar-refractivity contribution in [1.29, 1.82) is 0 Å². The summed E-state index contributed by atoms with van der Waals surface area (Å²) in [5.74, 6) is 1.66. The summed E-state index contributed by atoms with van der Waals surface area (Å²) in [4.78, 5) is 2.23. The maximum Gasteiger partial charge on any atom is 0.143 e. The molecule has 0 fully saturated rings. The van der Waals surface area contributed by atoms with Crippen molar-refractivity contribution in [2.24, 2.45) is 5.16 Å². The zero-order valence-electron chi connectivity index (χ0n) is 12.4. The lowest BCUT2D eigenvalue weighted by molar-refractivity contribution is 0.306. The van der Waals surface area contributed by atoms with Gasteiger partial charge in [-0.3, -0.25) is 0 Å². The number of nitrogens with zero attached hydrogens (tertiary/aromatic N) is 2. The van der Waals surface area contributed by atoms with Crippen LogP contribution in [0.2, 0.25) is 0 Å². The first kappa shape index (κ1) is 14.3. The molecule has 2 aromatic rings. The average molecular weight is 298 g/mol. The summed E-state index contributed by atoms with van der Waals surface area (Å²) in [6.07, 6.45) is 1.44. The summed E-state index contributed by atoms with van der Waals surface area (Å²) < 4.78 is 10.9. The molecule has 1 heterocycles. The Labute approximate surface area is 129 Å². The molecule has 2 aromatic carbocycles. The van der Waals surface area contributed by atoms with Gasteiger partial charge in [0.2, 0.25) is 0 Å². The normalized spacial score (nSPS) is 13.8. The molecule has 0 aromatic heterocycles. The van der Waals surface area contributed by atoms with Gasteiger partial charge in [0.25, 0.3) is 0 Å². The maximum absolute atomic E-state index is 8.85. The number of methoxy groups -OCH3 is 1. The molecule has 3 rings (SSSR count). The van der Waals surface area contributed by atoms with Crippen molar-refractivity contribution in [3.8, 4) is 11.5 Å². The average Bonchev–Trinajstić information content (AvgIpc) is 2.56. The number of anilines is 1.